The Hall–Kier alpha value is -0.510. The van der Waals surface area contributed by atoms with Gasteiger partial charge in [-0.25, -0.2) is 0 Å². The molecule has 0 aliphatic carbocycles. The van der Waals surface area contributed by atoms with Gasteiger partial charge in [0, 0.05) is 45.7 Å². The van der Waals surface area contributed by atoms with Crippen molar-refractivity contribution in [3.05, 3.63) is 29.8 Å². The van der Waals surface area contributed by atoms with Crippen LogP contribution in [0.3, 0.4) is 0 Å². The summed E-state index contributed by atoms with van der Waals surface area (Å²) in [5.74, 6) is 0.934. The number of guanidine groups is 1. The number of thioether (sulfide) groups is 1. The largest absolute Gasteiger partial charge is 0.383 e. The van der Waals surface area contributed by atoms with Gasteiger partial charge in [-0.05, 0) is 44.0 Å². The van der Waals surface area contributed by atoms with Crippen molar-refractivity contribution in [2.75, 3.05) is 60.7 Å². The van der Waals surface area contributed by atoms with E-state index in [2.05, 4.69) is 64.7 Å². The molecule has 1 N–H and O–H groups in total. The summed E-state index contributed by atoms with van der Waals surface area (Å²) >= 11 is 1.77. The molecule has 0 aliphatic rings. The van der Waals surface area contributed by atoms with Gasteiger partial charge < -0.3 is 19.9 Å². The number of ether oxygens (including phenoxy) is 1. The number of nitrogens with zero attached hydrogens (tertiary/aromatic N) is 3. The summed E-state index contributed by atoms with van der Waals surface area (Å²) in [4.78, 5) is 10.1. The number of rotatable bonds is 10. The maximum atomic E-state index is 5.09. The van der Waals surface area contributed by atoms with Gasteiger partial charge in [0.05, 0.1) is 6.61 Å². The lowest BCUT2D eigenvalue weighted by molar-refractivity contribution is 0.161. The highest BCUT2D eigenvalue weighted by Crippen LogP contribution is 2.15. The van der Waals surface area contributed by atoms with Crippen LogP contribution in [0.15, 0.2) is 34.2 Å². The molecular weight excluding hydrogens is 447 g/mol. The standard InChI is InChI=1S/C18H32N4OS.HI/c1-19-18(20-11-6-12-21(2)13-14-23-4)22(3)15-16-7-9-17(24-5)10-8-16;/h7-10H,6,11-15H2,1-5H3,(H,19,20);1H. The Bertz CT molecular complexity index is 484. The second-order valence-corrected chi connectivity index (χ2v) is 6.71. The average molecular weight is 480 g/mol. The minimum absolute atomic E-state index is 0. The highest BCUT2D eigenvalue weighted by Gasteiger charge is 2.06. The molecule has 0 aliphatic heterocycles. The van der Waals surface area contributed by atoms with Crippen LogP contribution in [0.2, 0.25) is 0 Å². The monoisotopic (exact) mass is 480 g/mol. The molecule has 0 heterocycles. The van der Waals surface area contributed by atoms with E-state index in [1.165, 1.54) is 10.5 Å². The zero-order valence-corrected chi connectivity index (χ0v) is 19.3. The van der Waals surface area contributed by atoms with Crippen LogP contribution in [0.5, 0.6) is 0 Å². The highest BCUT2D eigenvalue weighted by atomic mass is 127. The number of likely N-dealkylation sites (N-methyl/N-ethyl adjacent to an activating group) is 1. The fourth-order valence-electron chi connectivity index (χ4n) is 2.37. The Morgan fingerprint density at radius 3 is 2.44 bits per heavy atom. The molecule has 0 amide bonds. The number of methoxy groups -OCH3 is 1. The predicted molar refractivity (Wildman–Crippen MR) is 120 cm³/mol. The summed E-state index contributed by atoms with van der Waals surface area (Å²) < 4.78 is 5.09. The number of benzene rings is 1. The van der Waals surface area contributed by atoms with Gasteiger partial charge in [-0.15, -0.1) is 35.7 Å². The molecule has 0 saturated carbocycles. The van der Waals surface area contributed by atoms with Crippen LogP contribution < -0.4 is 5.32 Å². The first-order valence-electron chi connectivity index (χ1n) is 8.33. The van der Waals surface area contributed by atoms with Crippen LogP contribution in [-0.2, 0) is 11.3 Å². The van der Waals surface area contributed by atoms with Crippen LogP contribution in [0, 0.1) is 0 Å². The molecule has 0 unspecified atom stereocenters. The normalized spacial score (nSPS) is 11.4. The Morgan fingerprint density at radius 2 is 1.88 bits per heavy atom. The Labute approximate surface area is 174 Å². The van der Waals surface area contributed by atoms with Gasteiger partial charge in [0.25, 0.3) is 0 Å². The molecular formula is C18H33IN4OS. The molecule has 25 heavy (non-hydrogen) atoms. The van der Waals surface area contributed by atoms with E-state index >= 15 is 0 Å². The van der Waals surface area contributed by atoms with Gasteiger partial charge in [-0.3, -0.25) is 4.99 Å². The lowest BCUT2D eigenvalue weighted by atomic mass is 10.2. The SMILES string of the molecule is CN=C(NCCCN(C)CCOC)N(C)Cc1ccc(SC)cc1.I. The van der Waals surface area contributed by atoms with E-state index in [4.69, 9.17) is 4.74 Å². The molecule has 0 atom stereocenters. The maximum Gasteiger partial charge on any atom is 0.193 e. The van der Waals surface area contributed by atoms with Crippen LogP contribution >= 0.6 is 35.7 Å². The molecule has 0 radical (unpaired) electrons. The lowest BCUT2D eigenvalue weighted by Crippen LogP contribution is -2.39. The van der Waals surface area contributed by atoms with Crippen molar-refractivity contribution in [1.82, 2.24) is 15.1 Å². The molecule has 5 nitrogen and oxygen atoms in total. The zero-order valence-electron chi connectivity index (χ0n) is 16.1. The third kappa shape index (κ3) is 10.3. The number of nitrogens with one attached hydrogen (secondary N) is 1. The molecule has 1 rings (SSSR count). The average Bonchev–Trinajstić information content (AvgIpc) is 2.60. The van der Waals surface area contributed by atoms with Crippen molar-refractivity contribution < 1.29 is 4.74 Å². The van der Waals surface area contributed by atoms with E-state index in [1.807, 2.05) is 7.05 Å². The van der Waals surface area contributed by atoms with E-state index in [1.54, 1.807) is 18.9 Å². The Kier molecular flexibility index (Phi) is 14.3. The molecule has 1 aromatic rings. The molecule has 0 saturated heterocycles. The summed E-state index contributed by atoms with van der Waals surface area (Å²) in [7, 11) is 7.77. The third-order valence-corrected chi connectivity index (χ3v) is 4.57. The van der Waals surface area contributed by atoms with Gasteiger partial charge in [0.1, 0.15) is 0 Å². The van der Waals surface area contributed by atoms with E-state index in [0.717, 1.165) is 45.2 Å². The zero-order chi connectivity index (χ0) is 17.8. The maximum absolute atomic E-state index is 5.09. The Morgan fingerprint density at radius 1 is 1.20 bits per heavy atom. The molecule has 0 fully saturated rings. The molecule has 0 bridgehead atoms. The van der Waals surface area contributed by atoms with Crippen molar-refractivity contribution >= 4 is 41.7 Å². The second kappa shape index (κ2) is 14.6. The van der Waals surface area contributed by atoms with Crippen LogP contribution in [0.25, 0.3) is 0 Å². The van der Waals surface area contributed by atoms with Gasteiger partial charge in [0.2, 0.25) is 0 Å². The first-order valence-corrected chi connectivity index (χ1v) is 9.55. The van der Waals surface area contributed by atoms with Crippen LogP contribution in [0.1, 0.15) is 12.0 Å². The van der Waals surface area contributed by atoms with Crippen molar-refractivity contribution in [3.63, 3.8) is 0 Å². The van der Waals surface area contributed by atoms with E-state index < -0.39 is 0 Å². The van der Waals surface area contributed by atoms with Crippen molar-refractivity contribution in [3.8, 4) is 0 Å². The van der Waals surface area contributed by atoms with Crippen LogP contribution in [0.4, 0.5) is 0 Å². The summed E-state index contributed by atoms with van der Waals surface area (Å²) in [6.07, 6.45) is 3.18. The van der Waals surface area contributed by atoms with Crippen molar-refractivity contribution in [2.45, 2.75) is 17.9 Å². The number of aliphatic imine (C=N–C) groups is 1. The number of hydrogen-bond donors (Lipinski definition) is 1. The van der Waals surface area contributed by atoms with Gasteiger partial charge in [-0.1, -0.05) is 12.1 Å². The first-order chi connectivity index (χ1) is 11.6. The van der Waals surface area contributed by atoms with E-state index in [-0.39, 0.29) is 24.0 Å². The minimum atomic E-state index is 0. The second-order valence-electron chi connectivity index (χ2n) is 5.83. The number of halogens is 1. The van der Waals surface area contributed by atoms with Crippen molar-refractivity contribution in [2.24, 2.45) is 4.99 Å². The van der Waals surface area contributed by atoms with Gasteiger partial charge >= 0.3 is 0 Å². The fraction of sp³-hybridized carbons (Fsp3) is 0.611. The Balaban J connectivity index is 0.00000576. The van der Waals surface area contributed by atoms with E-state index in [9.17, 15) is 0 Å². The fourth-order valence-corrected chi connectivity index (χ4v) is 2.78. The molecule has 0 aromatic heterocycles. The van der Waals surface area contributed by atoms with Crippen LogP contribution in [-0.4, -0.2) is 76.5 Å². The summed E-state index contributed by atoms with van der Waals surface area (Å²) in [6, 6.07) is 8.69. The smallest absolute Gasteiger partial charge is 0.193 e. The summed E-state index contributed by atoms with van der Waals surface area (Å²) in [5.41, 5.74) is 1.29. The molecule has 0 spiro atoms. The van der Waals surface area contributed by atoms with Gasteiger partial charge in [-0.2, -0.15) is 0 Å². The van der Waals surface area contributed by atoms with Crippen molar-refractivity contribution in [1.29, 1.82) is 0 Å². The molecule has 144 valence electrons. The number of hydrogen-bond acceptors (Lipinski definition) is 4. The molecule has 1 aromatic carbocycles. The van der Waals surface area contributed by atoms with Gasteiger partial charge in [0.15, 0.2) is 5.96 Å². The lowest BCUT2D eigenvalue weighted by Gasteiger charge is -2.23. The quantitative estimate of drug-likeness (QED) is 0.183. The first kappa shape index (κ1) is 24.5. The minimum Gasteiger partial charge on any atom is -0.383 e. The summed E-state index contributed by atoms with van der Waals surface area (Å²) in [5, 5.41) is 3.44. The highest BCUT2D eigenvalue weighted by molar-refractivity contribution is 14.0. The molecule has 7 heteroatoms. The van der Waals surface area contributed by atoms with E-state index in [0.29, 0.717) is 0 Å². The third-order valence-electron chi connectivity index (χ3n) is 3.83. The topological polar surface area (TPSA) is 40.1 Å². The summed E-state index contributed by atoms with van der Waals surface area (Å²) in [6.45, 7) is 4.57. The predicted octanol–water partition coefficient (Wildman–Crippen LogP) is 3.00.